The molecule has 0 spiro atoms. The minimum Gasteiger partial charge on any atom is -0.466 e. The first-order valence-corrected chi connectivity index (χ1v) is 36.6. The van der Waals surface area contributed by atoms with Gasteiger partial charge in [0, 0.05) is 12.8 Å². The molecule has 0 aliphatic carbocycles. The molecule has 0 fully saturated rings. The Bertz CT molecular complexity index is 1250. The van der Waals surface area contributed by atoms with Crippen molar-refractivity contribution in [2.45, 2.75) is 424 Å². The fraction of sp³-hybridized carbons (Fsp3) is 0.919. The van der Waals surface area contributed by atoms with Crippen LogP contribution in [0.5, 0.6) is 0 Å². The number of aliphatic hydroxyl groups excluding tert-OH is 2. The van der Waals surface area contributed by atoms with Gasteiger partial charge in [-0.25, -0.2) is 0 Å². The maximum absolute atomic E-state index is 12.5. The molecule has 0 aliphatic rings. The van der Waals surface area contributed by atoms with Gasteiger partial charge in [0.2, 0.25) is 5.91 Å². The number of hydrogen-bond acceptors (Lipinski definition) is 5. The molecule has 6 heteroatoms. The third kappa shape index (κ3) is 65.5. The van der Waals surface area contributed by atoms with Gasteiger partial charge in [0.05, 0.1) is 25.4 Å². The lowest BCUT2D eigenvalue weighted by atomic mass is 10.0. The lowest BCUT2D eigenvalue weighted by Gasteiger charge is -2.20. The van der Waals surface area contributed by atoms with Gasteiger partial charge in [0.1, 0.15) is 0 Å². The van der Waals surface area contributed by atoms with E-state index in [2.05, 4.69) is 31.3 Å². The zero-order valence-electron chi connectivity index (χ0n) is 54.3. The van der Waals surface area contributed by atoms with Gasteiger partial charge in [0.25, 0.3) is 0 Å². The molecule has 0 bridgehead atoms. The Labute approximate surface area is 501 Å². The van der Waals surface area contributed by atoms with Crippen LogP contribution in [0.15, 0.2) is 24.3 Å². The Morgan fingerprint density at radius 2 is 0.588 bits per heavy atom. The molecule has 6 nitrogen and oxygen atoms in total. The van der Waals surface area contributed by atoms with Gasteiger partial charge in [-0.15, -0.1) is 0 Å². The maximum Gasteiger partial charge on any atom is 0.305 e. The standard InChI is InChI=1S/C74H143NO5/c1-3-5-7-9-11-13-15-42-46-50-54-58-62-66-72(77)71(70-76)75-73(78)67-63-59-55-51-47-44-40-38-36-34-32-30-28-26-24-22-20-18-17-19-21-23-25-27-29-31-33-35-37-39-41-45-49-53-57-61-65-69-80-74(79)68-64-60-56-52-48-43-16-14-12-10-8-6-4-2/h17,19,62,66,71-72,76-77H,3-16,18,20-61,63-65,67-70H2,1-2H3,(H,75,78)/b19-17-,66-62+. The van der Waals surface area contributed by atoms with Crippen molar-refractivity contribution in [1.29, 1.82) is 0 Å². The molecule has 474 valence electrons. The van der Waals surface area contributed by atoms with Crippen LogP contribution in [-0.4, -0.2) is 47.4 Å². The monoisotopic (exact) mass is 1130 g/mol. The number of rotatable bonds is 69. The number of carbonyl (C=O) groups excluding carboxylic acids is 2. The number of aliphatic hydroxyl groups is 2. The van der Waals surface area contributed by atoms with E-state index < -0.39 is 12.1 Å². The molecule has 0 rings (SSSR count). The second kappa shape index (κ2) is 69.8. The summed E-state index contributed by atoms with van der Waals surface area (Å²) in [6.45, 7) is 4.93. The Morgan fingerprint density at radius 3 is 0.887 bits per heavy atom. The van der Waals surface area contributed by atoms with Crippen molar-refractivity contribution in [2.24, 2.45) is 0 Å². The van der Waals surface area contributed by atoms with E-state index in [0.717, 1.165) is 38.5 Å². The van der Waals surface area contributed by atoms with Gasteiger partial charge in [-0.1, -0.05) is 366 Å². The van der Waals surface area contributed by atoms with Crippen LogP contribution < -0.4 is 5.32 Å². The van der Waals surface area contributed by atoms with Gasteiger partial charge < -0.3 is 20.3 Å². The summed E-state index contributed by atoms with van der Waals surface area (Å²) in [7, 11) is 0. The summed E-state index contributed by atoms with van der Waals surface area (Å²) in [6.07, 6.45) is 88.6. The van der Waals surface area contributed by atoms with Crippen molar-refractivity contribution in [2.75, 3.05) is 13.2 Å². The van der Waals surface area contributed by atoms with E-state index in [-0.39, 0.29) is 18.5 Å². The number of carbonyl (C=O) groups is 2. The molecule has 0 heterocycles. The summed E-state index contributed by atoms with van der Waals surface area (Å²) in [4.78, 5) is 24.5. The predicted molar refractivity (Wildman–Crippen MR) is 352 cm³/mol. The van der Waals surface area contributed by atoms with Crippen LogP contribution in [0.3, 0.4) is 0 Å². The van der Waals surface area contributed by atoms with Crippen LogP contribution in [-0.2, 0) is 14.3 Å². The summed E-state index contributed by atoms with van der Waals surface area (Å²) in [5, 5.41) is 23.1. The van der Waals surface area contributed by atoms with Crippen molar-refractivity contribution in [3.63, 3.8) is 0 Å². The van der Waals surface area contributed by atoms with E-state index in [4.69, 9.17) is 4.74 Å². The Hall–Kier alpha value is -1.66. The second-order valence-electron chi connectivity index (χ2n) is 25.3. The molecule has 0 aromatic carbocycles. The Morgan fingerprint density at radius 1 is 0.338 bits per heavy atom. The number of unbranched alkanes of at least 4 members (excludes halogenated alkanes) is 56. The molecule has 3 N–H and O–H groups in total. The summed E-state index contributed by atoms with van der Waals surface area (Å²) in [5.41, 5.74) is 0. The average molecular weight is 1130 g/mol. The first kappa shape index (κ1) is 78.3. The van der Waals surface area contributed by atoms with Crippen molar-refractivity contribution >= 4 is 11.9 Å². The van der Waals surface area contributed by atoms with Gasteiger partial charge >= 0.3 is 5.97 Å². The molecule has 2 unspecified atom stereocenters. The SMILES string of the molecule is CCCCCCCCCCCCC/C=C/C(O)C(CO)NC(=O)CCCCCCCCCCCCCCCCCCC/C=C\CCCCCCCCCCCCCCCCCCOC(=O)CCCCCCCCCCCCCCC. The van der Waals surface area contributed by atoms with Crippen LogP contribution >= 0.6 is 0 Å². The fourth-order valence-corrected chi connectivity index (χ4v) is 11.6. The van der Waals surface area contributed by atoms with Gasteiger partial charge in [-0.2, -0.15) is 0 Å². The summed E-state index contributed by atoms with van der Waals surface area (Å²) in [5.74, 6) is -0.0388. The third-order valence-electron chi connectivity index (χ3n) is 17.2. The molecule has 0 aromatic rings. The largest absolute Gasteiger partial charge is 0.466 e. The summed E-state index contributed by atoms with van der Waals surface area (Å²) >= 11 is 0. The number of allylic oxidation sites excluding steroid dienone is 3. The molecular weight excluding hydrogens is 983 g/mol. The van der Waals surface area contributed by atoms with Gasteiger partial charge in [-0.05, 0) is 57.8 Å². The quantitative estimate of drug-likeness (QED) is 0.0320. The molecule has 2 atom stereocenters. The topological polar surface area (TPSA) is 95.9 Å². The van der Waals surface area contributed by atoms with E-state index in [9.17, 15) is 19.8 Å². The highest BCUT2D eigenvalue weighted by atomic mass is 16.5. The van der Waals surface area contributed by atoms with E-state index in [1.165, 1.54) is 347 Å². The molecule has 1 amide bonds. The molecule has 0 saturated carbocycles. The van der Waals surface area contributed by atoms with Crippen molar-refractivity contribution in [3.8, 4) is 0 Å². The molecule has 0 aromatic heterocycles. The van der Waals surface area contributed by atoms with Crippen molar-refractivity contribution in [3.05, 3.63) is 24.3 Å². The number of hydrogen-bond donors (Lipinski definition) is 3. The van der Waals surface area contributed by atoms with E-state index >= 15 is 0 Å². The predicted octanol–water partition coefficient (Wildman–Crippen LogP) is 23.7. The fourth-order valence-electron chi connectivity index (χ4n) is 11.6. The van der Waals surface area contributed by atoms with Crippen molar-refractivity contribution < 1.29 is 24.5 Å². The molecular formula is C74H143NO5. The lowest BCUT2D eigenvalue weighted by Crippen LogP contribution is -2.45. The highest BCUT2D eigenvalue weighted by Gasteiger charge is 2.18. The highest BCUT2D eigenvalue weighted by molar-refractivity contribution is 5.76. The third-order valence-corrected chi connectivity index (χ3v) is 17.2. The molecule has 80 heavy (non-hydrogen) atoms. The zero-order chi connectivity index (χ0) is 57.8. The zero-order valence-corrected chi connectivity index (χ0v) is 54.3. The van der Waals surface area contributed by atoms with Gasteiger partial charge in [-0.3, -0.25) is 9.59 Å². The summed E-state index contributed by atoms with van der Waals surface area (Å²) < 4.78 is 5.49. The molecule has 0 radical (unpaired) electrons. The highest BCUT2D eigenvalue weighted by Crippen LogP contribution is 2.19. The Balaban J connectivity index is 3.32. The van der Waals surface area contributed by atoms with Crippen LogP contribution in [0, 0.1) is 0 Å². The minimum atomic E-state index is -0.840. The first-order valence-electron chi connectivity index (χ1n) is 36.6. The van der Waals surface area contributed by atoms with Crippen LogP contribution in [0.2, 0.25) is 0 Å². The van der Waals surface area contributed by atoms with E-state index in [0.29, 0.717) is 19.4 Å². The molecule has 0 saturated heterocycles. The summed E-state index contributed by atoms with van der Waals surface area (Å²) in [6, 6.07) is -0.624. The number of amides is 1. The maximum atomic E-state index is 12.5. The van der Waals surface area contributed by atoms with Crippen LogP contribution in [0.25, 0.3) is 0 Å². The number of esters is 1. The average Bonchev–Trinajstić information content (AvgIpc) is 3.46. The Kier molecular flexibility index (Phi) is 68.4. The second-order valence-corrected chi connectivity index (χ2v) is 25.3. The minimum absolute atomic E-state index is 0.0234. The number of ether oxygens (including phenoxy) is 1. The van der Waals surface area contributed by atoms with E-state index in [1.54, 1.807) is 6.08 Å². The van der Waals surface area contributed by atoms with E-state index in [1.807, 2.05) is 6.08 Å². The lowest BCUT2D eigenvalue weighted by molar-refractivity contribution is -0.143. The van der Waals surface area contributed by atoms with Gasteiger partial charge in [0.15, 0.2) is 0 Å². The van der Waals surface area contributed by atoms with Crippen LogP contribution in [0.4, 0.5) is 0 Å². The number of nitrogens with one attached hydrogen (secondary N) is 1. The normalized spacial score (nSPS) is 12.6. The first-order chi connectivity index (χ1) is 39.5. The molecule has 0 aliphatic heterocycles. The smallest absolute Gasteiger partial charge is 0.305 e. The van der Waals surface area contributed by atoms with Crippen LogP contribution in [0.1, 0.15) is 412 Å². The van der Waals surface area contributed by atoms with Crippen molar-refractivity contribution in [1.82, 2.24) is 5.32 Å².